The Kier molecular flexibility index (Phi) is 5.12. The lowest BCUT2D eigenvalue weighted by Crippen LogP contribution is -2.14. The summed E-state index contributed by atoms with van der Waals surface area (Å²) >= 11 is 0. The first-order valence-corrected chi connectivity index (χ1v) is 5.56. The Hall–Kier alpha value is -2.09. The quantitative estimate of drug-likeness (QED) is 0.568. The normalized spacial score (nSPS) is 9.50. The number of benzene rings is 1. The SMILES string of the molecule is COc1cc(CCN(C)C#N)cc(OC)c1OC. The van der Waals surface area contributed by atoms with E-state index >= 15 is 0 Å². The zero-order valence-electron chi connectivity index (χ0n) is 11.2. The van der Waals surface area contributed by atoms with Crippen LogP contribution < -0.4 is 14.2 Å². The smallest absolute Gasteiger partial charge is 0.203 e. The van der Waals surface area contributed by atoms with Gasteiger partial charge in [-0.3, -0.25) is 0 Å². The molecule has 0 heterocycles. The van der Waals surface area contributed by atoms with E-state index in [1.807, 2.05) is 12.1 Å². The monoisotopic (exact) mass is 250 g/mol. The fourth-order valence-electron chi connectivity index (χ4n) is 1.63. The zero-order chi connectivity index (χ0) is 13.5. The van der Waals surface area contributed by atoms with Gasteiger partial charge in [-0.25, -0.2) is 0 Å². The lowest BCUT2D eigenvalue weighted by atomic mass is 10.1. The Morgan fingerprint density at radius 3 is 2.06 bits per heavy atom. The minimum Gasteiger partial charge on any atom is -0.493 e. The highest BCUT2D eigenvalue weighted by Gasteiger charge is 2.13. The van der Waals surface area contributed by atoms with Crippen molar-refractivity contribution < 1.29 is 14.2 Å². The summed E-state index contributed by atoms with van der Waals surface area (Å²) in [5, 5.41) is 8.70. The molecule has 0 aliphatic heterocycles. The molecule has 0 radical (unpaired) electrons. The first-order chi connectivity index (χ1) is 8.65. The van der Waals surface area contributed by atoms with Gasteiger partial charge in [0.2, 0.25) is 5.75 Å². The van der Waals surface area contributed by atoms with Gasteiger partial charge >= 0.3 is 0 Å². The average molecular weight is 250 g/mol. The van der Waals surface area contributed by atoms with Crippen molar-refractivity contribution in [1.29, 1.82) is 5.26 Å². The fraction of sp³-hybridized carbons (Fsp3) is 0.462. The molecule has 1 aromatic rings. The summed E-state index contributed by atoms with van der Waals surface area (Å²) < 4.78 is 15.8. The van der Waals surface area contributed by atoms with E-state index in [2.05, 4.69) is 6.19 Å². The molecule has 0 unspecified atom stereocenters. The molecule has 0 aliphatic carbocycles. The molecule has 0 aliphatic rings. The van der Waals surface area contributed by atoms with Crippen molar-refractivity contribution >= 4 is 0 Å². The lowest BCUT2D eigenvalue weighted by molar-refractivity contribution is 0.323. The van der Waals surface area contributed by atoms with E-state index in [1.54, 1.807) is 33.3 Å². The maximum Gasteiger partial charge on any atom is 0.203 e. The third-order valence-electron chi connectivity index (χ3n) is 2.63. The van der Waals surface area contributed by atoms with Crippen LogP contribution in [0, 0.1) is 11.5 Å². The molecular formula is C13H18N2O3. The third-order valence-corrected chi connectivity index (χ3v) is 2.63. The highest BCUT2D eigenvalue weighted by molar-refractivity contribution is 5.53. The lowest BCUT2D eigenvalue weighted by Gasteiger charge is -2.15. The van der Waals surface area contributed by atoms with Gasteiger partial charge < -0.3 is 19.1 Å². The molecular weight excluding hydrogens is 232 g/mol. The van der Waals surface area contributed by atoms with Crippen LogP contribution in [0.3, 0.4) is 0 Å². The molecule has 0 aromatic heterocycles. The van der Waals surface area contributed by atoms with Gasteiger partial charge in [-0.15, -0.1) is 0 Å². The summed E-state index contributed by atoms with van der Waals surface area (Å²) in [5.74, 6) is 1.84. The number of nitriles is 1. The molecule has 0 atom stereocenters. The number of likely N-dealkylation sites (N-methyl/N-ethyl adjacent to an activating group) is 1. The van der Waals surface area contributed by atoms with E-state index in [4.69, 9.17) is 19.5 Å². The summed E-state index contributed by atoms with van der Waals surface area (Å²) in [6.07, 6.45) is 2.80. The second-order valence-corrected chi connectivity index (χ2v) is 3.81. The number of hydrogen-bond acceptors (Lipinski definition) is 5. The van der Waals surface area contributed by atoms with Gasteiger partial charge in [0.1, 0.15) is 0 Å². The van der Waals surface area contributed by atoms with Crippen LogP contribution in [0.1, 0.15) is 5.56 Å². The van der Waals surface area contributed by atoms with Crippen LogP contribution in [0.5, 0.6) is 17.2 Å². The van der Waals surface area contributed by atoms with Crippen LogP contribution in [-0.4, -0.2) is 39.8 Å². The topological polar surface area (TPSA) is 54.7 Å². The Balaban J connectivity index is 2.97. The van der Waals surface area contributed by atoms with Crippen molar-refractivity contribution in [2.24, 2.45) is 0 Å². The number of nitrogens with zero attached hydrogens (tertiary/aromatic N) is 2. The largest absolute Gasteiger partial charge is 0.493 e. The number of methoxy groups -OCH3 is 3. The van der Waals surface area contributed by atoms with Crippen LogP contribution in [0.4, 0.5) is 0 Å². The first-order valence-electron chi connectivity index (χ1n) is 5.56. The number of hydrogen-bond donors (Lipinski definition) is 0. The maximum atomic E-state index is 8.70. The Labute approximate surface area is 107 Å². The minimum atomic E-state index is 0.581. The van der Waals surface area contributed by atoms with Crippen molar-refractivity contribution in [2.75, 3.05) is 34.9 Å². The van der Waals surface area contributed by atoms with Crippen molar-refractivity contribution in [1.82, 2.24) is 4.90 Å². The van der Waals surface area contributed by atoms with Crippen LogP contribution in [0.25, 0.3) is 0 Å². The second kappa shape index (κ2) is 6.60. The van der Waals surface area contributed by atoms with Gasteiger partial charge in [-0.1, -0.05) is 0 Å². The molecule has 5 heteroatoms. The summed E-state index contributed by atoms with van der Waals surface area (Å²) in [6.45, 7) is 0.648. The zero-order valence-corrected chi connectivity index (χ0v) is 11.2. The Morgan fingerprint density at radius 2 is 1.67 bits per heavy atom. The van der Waals surface area contributed by atoms with Gasteiger partial charge in [0.25, 0.3) is 0 Å². The molecule has 0 amide bonds. The molecule has 0 bridgehead atoms. The molecule has 98 valence electrons. The summed E-state index contributed by atoms with van der Waals surface area (Å²) in [4.78, 5) is 1.57. The van der Waals surface area contributed by atoms with E-state index in [0.29, 0.717) is 23.8 Å². The molecule has 0 spiro atoms. The highest BCUT2D eigenvalue weighted by Crippen LogP contribution is 2.38. The van der Waals surface area contributed by atoms with Gasteiger partial charge in [0, 0.05) is 13.6 Å². The van der Waals surface area contributed by atoms with Crippen LogP contribution in [0.2, 0.25) is 0 Å². The Morgan fingerprint density at radius 1 is 1.11 bits per heavy atom. The molecule has 0 saturated carbocycles. The second-order valence-electron chi connectivity index (χ2n) is 3.81. The van der Waals surface area contributed by atoms with E-state index in [0.717, 1.165) is 12.0 Å². The summed E-state index contributed by atoms with van der Waals surface area (Å²) in [5.41, 5.74) is 1.03. The first kappa shape index (κ1) is 14.0. The molecule has 0 saturated heterocycles. The average Bonchev–Trinajstić information content (AvgIpc) is 2.43. The van der Waals surface area contributed by atoms with Gasteiger partial charge in [0.05, 0.1) is 21.3 Å². The van der Waals surface area contributed by atoms with Crippen molar-refractivity contribution in [3.05, 3.63) is 17.7 Å². The van der Waals surface area contributed by atoms with Gasteiger partial charge in [-0.2, -0.15) is 5.26 Å². The predicted octanol–water partition coefficient (Wildman–Crippen LogP) is 1.67. The highest BCUT2D eigenvalue weighted by atomic mass is 16.5. The fourth-order valence-corrected chi connectivity index (χ4v) is 1.63. The van der Waals surface area contributed by atoms with Gasteiger partial charge in [0.15, 0.2) is 17.7 Å². The molecule has 0 N–H and O–H groups in total. The van der Waals surface area contributed by atoms with Crippen molar-refractivity contribution in [2.45, 2.75) is 6.42 Å². The molecule has 0 fully saturated rings. The van der Waals surface area contributed by atoms with E-state index < -0.39 is 0 Å². The van der Waals surface area contributed by atoms with Crippen LogP contribution >= 0.6 is 0 Å². The van der Waals surface area contributed by atoms with Crippen molar-refractivity contribution in [3.63, 3.8) is 0 Å². The maximum absolute atomic E-state index is 8.70. The Bertz CT molecular complexity index is 415. The van der Waals surface area contributed by atoms with E-state index in [1.165, 1.54) is 0 Å². The molecule has 1 aromatic carbocycles. The third kappa shape index (κ3) is 3.20. The summed E-state index contributed by atoms with van der Waals surface area (Å²) in [7, 11) is 6.49. The van der Waals surface area contributed by atoms with Crippen LogP contribution in [0.15, 0.2) is 12.1 Å². The molecule has 1 rings (SSSR count). The number of rotatable bonds is 6. The molecule has 18 heavy (non-hydrogen) atoms. The number of ether oxygens (including phenoxy) is 3. The van der Waals surface area contributed by atoms with E-state index in [9.17, 15) is 0 Å². The molecule has 5 nitrogen and oxygen atoms in total. The predicted molar refractivity (Wildman–Crippen MR) is 68.0 cm³/mol. The van der Waals surface area contributed by atoms with Gasteiger partial charge in [-0.05, 0) is 24.1 Å². The van der Waals surface area contributed by atoms with E-state index in [-0.39, 0.29) is 0 Å². The standard InChI is InChI=1S/C13H18N2O3/c1-15(9-14)6-5-10-7-11(16-2)13(18-4)12(8-10)17-3/h7-8H,5-6H2,1-4H3. The summed E-state index contributed by atoms with van der Waals surface area (Å²) in [6, 6.07) is 3.79. The minimum absolute atomic E-state index is 0.581. The van der Waals surface area contributed by atoms with Crippen LogP contribution in [-0.2, 0) is 6.42 Å². The van der Waals surface area contributed by atoms with Crippen molar-refractivity contribution in [3.8, 4) is 23.4 Å².